The van der Waals surface area contributed by atoms with E-state index < -0.39 is 5.41 Å². The summed E-state index contributed by atoms with van der Waals surface area (Å²) in [5.41, 5.74) is 3.81. The lowest BCUT2D eigenvalue weighted by atomic mass is 9.75. The molecule has 5 aromatic rings. The Morgan fingerprint density at radius 1 is 0.941 bits per heavy atom. The summed E-state index contributed by atoms with van der Waals surface area (Å²) in [5, 5.41) is 18.5. The molecule has 0 saturated carbocycles. The molecule has 1 saturated heterocycles. The van der Waals surface area contributed by atoms with Gasteiger partial charge >= 0.3 is 0 Å². The van der Waals surface area contributed by atoms with Crippen LogP contribution in [0.15, 0.2) is 82.8 Å². The molecule has 0 atom stereocenters. The van der Waals surface area contributed by atoms with E-state index in [-0.39, 0.29) is 0 Å². The van der Waals surface area contributed by atoms with Crippen LogP contribution in [0.2, 0.25) is 0 Å². The Labute approximate surface area is 200 Å². The van der Waals surface area contributed by atoms with Crippen molar-refractivity contribution in [3.05, 3.63) is 78.6 Å². The molecule has 8 heteroatoms. The van der Waals surface area contributed by atoms with Crippen LogP contribution in [0.1, 0.15) is 18.4 Å². The van der Waals surface area contributed by atoms with Crippen molar-refractivity contribution in [3.63, 3.8) is 0 Å². The molecular weight excluding hydrogens is 444 g/mol. The van der Waals surface area contributed by atoms with Crippen LogP contribution in [0.25, 0.3) is 28.2 Å². The van der Waals surface area contributed by atoms with E-state index in [2.05, 4.69) is 56.6 Å². The molecule has 0 bridgehead atoms. The van der Waals surface area contributed by atoms with E-state index in [9.17, 15) is 5.26 Å². The average molecular weight is 465 g/mol. The summed E-state index contributed by atoms with van der Waals surface area (Å²) in [6.45, 7) is 1.25. The fourth-order valence-corrected chi connectivity index (χ4v) is 5.35. The van der Waals surface area contributed by atoms with Crippen LogP contribution >= 0.6 is 11.8 Å². The summed E-state index contributed by atoms with van der Waals surface area (Å²) in [5.74, 6) is 0.689. The minimum Gasteiger partial charge on any atom is -0.381 e. The van der Waals surface area contributed by atoms with Crippen LogP contribution in [0.3, 0.4) is 0 Å². The molecule has 166 valence electrons. The smallest absolute Gasteiger partial charge is 0.187 e. The minimum atomic E-state index is -0.471. The summed E-state index contributed by atoms with van der Waals surface area (Å²) in [7, 11) is 0. The van der Waals surface area contributed by atoms with Crippen molar-refractivity contribution in [1.82, 2.24) is 24.6 Å². The van der Waals surface area contributed by atoms with Crippen LogP contribution < -0.4 is 0 Å². The molecule has 4 heterocycles. The largest absolute Gasteiger partial charge is 0.381 e. The van der Waals surface area contributed by atoms with E-state index in [0.717, 1.165) is 44.9 Å². The molecule has 0 N–H and O–H groups in total. The monoisotopic (exact) mass is 464 g/mol. The van der Waals surface area contributed by atoms with Crippen LogP contribution in [0.5, 0.6) is 0 Å². The van der Waals surface area contributed by atoms with Gasteiger partial charge in [-0.2, -0.15) is 5.26 Å². The molecule has 2 aromatic carbocycles. The zero-order chi connectivity index (χ0) is 23.0. The zero-order valence-corrected chi connectivity index (χ0v) is 19.1. The topological polar surface area (TPSA) is 89.0 Å². The highest BCUT2D eigenvalue weighted by atomic mass is 32.2. The molecule has 1 aliphatic rings. The Morgan fingerprint density at radius 2 is 1.82 bits per heavy atom. The van der Waals surface area contributed by atoms with Gasteiger partial charge in [0.25, 0.3) is 0 Å². The molecule has 34 heavy (non-hydrogen) atoms. The Balaban J connectivity index is 1.36. The number of pyridine rings is 1. The molecule has 0 spiro atoms. The third-order valence-electron chi connectivity index (χ3n) is 6.27. The van der Waals surface area contributed by atoms with E-state index in [0.29, 0.717) is 24.7 Å². The van der Waals surface area contributed by atoms with Gasteiger partial charge in [0.05, 0.1) is 28.7 Å². The van der Waals surface area contributed by atoms with Gasteiger partial charge in [-0.25, -0.2) is 0 Å². The van der Waals surface area contributed by atoms with Gasteiger partial charge in [0.1, 0.15) is 5.69 Å². The number of fused-ring (bicyclic) bond motifs is 3. The SMILES string of the molecule is N#CC1(c2cccc(Sc3ccc4c(c3)ncc3nnc(-c5ccccn5)n34)c2)CCOCC1. The first kappa shape index (κ1) is 20.8. The second kappa shape index (κ2) is 8.52. The number of nitrogens with zero attached hydrogens (tertiary/aromatic N) is 6. The second-order valence-electron chi connectivity index (χ2n) is 8.28. The van der Waals surface area contributed by atoms with Gasteiger partial charge in [-0.15, -0.1) is 10.2 Å². The van der Waals surface area contributed by atoms with E-state index in [1.54, 1.807) is 24.2 Å². The van der Waals surface area contributed by atoms with Gasteiger partial charge in [0.15, 0.2) is 11.5 Å². The molecule has 1 aliphatic heterocycles. The van der Waals surface area contributed by atoms with Gasteiger partial charge in [-0.3, -0.25) is 14.4 Å². The van der Waals surface area contributed by atoms with E-state index in [1.165, 1.54) is 0 Å². The van der Waals surface area contributed by atoms with Gasteiger partial charge in [-0.05, 0) is 60.9 Å². The quantitative estimate of drug-likeness (QED) is 0.367. The Hall–Kier alpha value is -3.80. The maximum absolute atomic E-state index is 9.93. The standard InChI is InChI=1S/C26H20N6OS/c27-17-26(9-12-33-13-10-26)18-4-3-5-19(14-18)34-20-7-8-23-22(15-20)29-16-24-30-31-25(32(23)24)21-6-1-2-11-28-21/h1-8,11,14-16H,9-10,12-13H2. The third-order valence-corrected chi connectivity index (χ3v) is 7.25. The molecule has 3 aromatic heterocycles. The van der Waals surface area contributed by atoms with Gasteiger partial charge in [0.2, 0.25) is 0 Å². The fraction of sp³-hybridized carbons (Fsp3) is 0.192. The zero-order valence-electron chi connectivity index (χ0n) is 18.3. The van der Waals surface area contributed by atoms with E-state index in [1.807, 2.05) is 34.7 Å². The van der Waals surface area contributed by atoms with Crippen molar-refractivity contribution in [2.45, 2.75) is 28.0 Å². The van der Waals surface area contributed by atoms with Gasteiger partial charge in [-0.1, -0.05) is 30.0 Å². The number of hydrogen-bond acceptors (Lipinski definition) is 7. The lowest BCUT2D eigenvalue weighted by Crippen LogP contribution is -2.32. The van der Waals surface area contributed by atoms with Crippen LogP contribution in [0, 0.1) is 11.3 Å². The van der Waals surface area contributed by atoms with Crippen molar-refractivity contribution in [3.8, 4) is 17.6 Å². The average Bonchev–Trinajstić information content (AvgIpc) is 3.34. The first-order valence-electron chi connectivity index (χ1n) is 11.1. The van der Waals surface area contributed by atoms with Gasteiger partial charge in [0, 0.05) is 29.2 Å². The fourth-order valence-electron chi connectivity index (χ4n) is 4.44. The van der Waals surface area contributed by atoms with Crippen molar-refractivity contribution < 1.29 is 4.74 Å². The predicted octanol–water partition coefficient (Wildman–Crippen LogP) is 5.06. The van der Waals surface area contributed by atoms with E-state index in [4.69, 9.17) is 4.74 Å². The minimum absolute atomic E-state index is 0.471. The van der Waals surface area contributed by atoms with Crippen LogP contribution in [0.4, 0.5) is 0 Å². The summed E-state index contributed by atoms with van der Waals surface area (Å²) < 4.78 is 7.49. The molecule has 0 amide bonds. The lowest BCUT2D eigenvalue weighted by molar-refractivity contribution is 0.0675. The number of nitriles is 1. The molecule has 0 unspecified atom stereocenters. The number of rotatable bonds is 4. The number of ether oxygens (including phenoxy) is 1. The maximum atomic E-state index is 9.93. The second-order valence-corrected chi connectivity index (χ2v) is 9.42. The van der Waals surface area contributed by atoms with Crippen LogP contribution in [-0.4, -0.2) is 37.8 Å². The number of benzene rings is 2. The third kappa shape index (κ3) is 3.59. The molecule has 7 nitrogen and oxygen atoms in total. The molecular formula is C26H20N6OS. The van der Waals surface area contributed by atoms with Crippen molar-refractivity contribution in [2.75, 3.05) is 13.2 Å². The van der Waals surface area contributed by atoms with Crippen molar-refractivity contribution >= 4 is 28.4 Å². The Bertz CT molecular complexity index is 1540. The van der Waals surface area contributed by atoms with Crippen LogP contribution in [-0.2, 0) is 10.2 Å². The summed E-state index contributed by atoms with van der Waals surface area (Å²) >= 11 is 1.66. The summed E-state index contributed by atoms with van der Waals surface area (Å²) in [4.78, 5) is 11.2. The van der Waals surface area contributed by atoms with Gasteiger partial charge < -0.3 is 4.74 Å². The molecule has 0 radical (unpaired) electrons. The highest BCUT2D eigenvalue weighted by molar-refractivity contribution is 7.99. The summed E-state index contributed by atoms with van der Waals surface area (Å²) in [6, 6.07) is 22.8. The predicted molar refractivity (Wildman–Crippen MR) is 129 cm³/mol. The van der Waals surface area contributed by atoms with E-state index >= 15 is 0 Å². The lowest BCUT2D eigenvalue weighted by Gasteiger charge is -2.31. The molecule has 6 rings (SSSR count). The Kier molecular flexibility index (Phi) is 5.21. The van der Waals surface area contributed by atoms with Crippen molar-refractivity contribution in [1.29, 1.82) is 5.26 Å². The normalized spacial score (nSPS) is 15.4. The van der Waals surface area contributed by atoms with Crippen molar-refractivity contribution in [2.24, 2.45) is 0 Å². The number of aromatic nitrogens is 5. The number of hydrogen-bond donors (Lipinski definition) is 0. The first-order chi connectivity index (χ1) is 16.8. The Morgan fingerprint density at radius 3 is 2.65 bits per heavy atom. The molecule has 0 aliphatic carbocycles. The summed E-state index contributed by atoms with van der Waals surface area (Å²) in [6.07, 6.45) is 4.94. The highest BCUT2D eigenvalue weighted by Gasteiger charge is 2.34. The highest BCUT2D eigenvalue weighted by Crippen LogP contribution is 2.37. The molecule has 1 fully saturated rings. The maximum Gasteiger partial charge on any atom is 0.187 e. The first-order valence-corrected chi connectivity index (χ1v) is 11.9.